The summed E-state index contributed by atoms with van der Waals surface area (Å²) in [6, 6.07) is 7.29. The van der Waals surface area contributed by atoms with Gasteiger partial charge in [-0.2, -0.15) is 5.10 Å². The number of halogens is 1. The molecule has 0 aliphatic carbocycles. The van der Waals surface area contributed by atoms with Crippen molar-refractivity contribution in [1.82, 2.24) is 14.8 Å². The van der Waals surface area contributed by atoms with Crippen LogP contribution in [0, 0.1) is 5.41 Å². The summed E-state index contributed by atoms with van der Waals surface area (Å²) in [6.07, 6.45) is 0. The van der Waals surface area contributed by atoms with Crippen molar-refractivity contribution in [2.75, 3.05) is 0 Å². The van der Waals surface area contributed by atoms with E-state index in [1.54, 1.807) is 16.7 Å². The molecule has 0 atom stereocenters. The lowest BCUT2D eigenvalue weighted by Gasteiger charge is -2.19. The second kappa shape index (κ2) is 4.61. The quantitative estimate of drug-likeness (QED) is 0.908. The molecule has 0 aliphatic heterocycles. The van der Waals surface area contributed by atoms with Gasteiger partial charge in [0.15, 0.2) is 5.82 Å². The monoisotopic (exact) mass is 265 g/mol. The SMILES string of the molecule is CC(C)(C)Cn1c(-c2ccc(Cl)cc2)n[nH]c1=O. The normalized spacial score (nSPS) is 11.8. The van der Waals surface area contributed by atoms with E-state index >= 15 is 0 Å². The van der Waals surface area contributed by atoms with E-state index in [9.17, 15) is 4.79 Å². The van der Waals surface area contributed by atoms with Gasteiger partial charge in [0.25, 0.3) is 0 Å². The first kappa shape index (κ1) is 12.9. The van der Waals surface area contributed by atoms with Gasteiger partial charge in [-0.15, -0.1) is 0 Å². The molecule has 0 saturated heterocycles. The number of hydrogen-bond donors (Lipinski definition) is 1. The minimum absolute atomic E-state index is 0.00880. The maximum atomic E-state index is 11.8. The summed E-state index contributed by atoms with van der Waals surface area (Å²) in [5, 5.41) is 7.25. The molecule has 0 amide bonds. The van der Waals surface area contributed by atoms with Crippen LogP contribution in [0.25, 0.3) is 11.4 Å². The molecule has 1 aromatic heterocycles. The average Bonchev–Trinajstić information content (AvgIpc) is 2.60. The molecule has 0 spiro atoms. The second-order valence-electron chi connectivity index (χ2n) is 5.51. The van der Waals surface area contributed by atoms with E-state index in [4.69, 9.17) is 11.6 Å². The second-order valence-corrected chi connectivity index (χ2v) is 5.94. The highest BCUT2D eigenvalue weighted by atomic mass is 35.5. The molecule has 2 aromatic rings. The molecule has 96 valence electrons. The number of aromatic nitrogens is 3. The number of aromatic amines is 1. The summed E-state index contributed by atoms with van der Waals surface area (Å²) in [5.41, 5.74) is 0.700. The largest absolute Gasteiger partial charge is 0.343 e. The zero-order chi connectivity index (χ0) is 13.3. The predicted molar refractivity (Wildman–Crippen MR) is 72.7 cm³/mol. The zero-order valence-electron chi connectivity index (χ0n) is 10.7. The third kappa shape index (κ3) is 2.82. The Morgan fingerprint density at radius 1 is 1.28 bits per heavy atom. The minimum atomic E-state index is -0.185. The fourth-order valence-corrected chi connectivity index (χ4v) is 1.88. The first-order valence-corrected chi connectivity index (χ1v) is 6.16. The van der Waals surface area contributed by atoms with Crippen LogP contribution in [0.4, 0.5) is 0 Å². The fraction of sp³-hybridized carbons (Fsp3) is 0.385. The van der Waals surface area contributed by atoms with Gasteiger partial charge in [0.2, 0.25) is 0 Å². The Hall–Kier alpha value is -1.55. The van der Waals surface area contributed by atoms with E-state index in [1.165, 1.54) is 0 Å². The number of benzene rings is 1. The Balaban J connectivity index is 2.46. The molecule has 0 saturated carbocycles. The van der Waals surface area contributed by atoms with Gasteiger partial charge in [-0.25, -0.2) is 9.89 Å². The molecular formula is C13H16ClN3O. The average molecular weight is 266 g/mol. The molecule has 1 heterocycles. The smallest absolute Gasteiger partial charge is 0.275 e. The van der Waals surface area contributed by atoms with E-state index < -0.39 is 0 Å². The lowest BCUT2D eigenvalue weighted by atomic mass is 9.97. The predicted octanol–water partition coefficient (Wildman–Crippen LogP) is 2.94. The van der Waals surface area contributed by atoms with Gasteiger partial charge in [0, 0.05) is 17.1 Å². The zero-order valence-corrected chi connectivity index (χ0v) is 11.5. The van der Waals surface area contributed by atoms with E-state index in [1.807, 2.05) is 12.1 Å². The van der Waals surface area contributed by atoms with Crippen molar-refractivity contribution in [3.05, 3.63) is 39.8 Å². The Morgan fingerprint density at radius 3 is 2.44 bits per heavy atom. The van der Waals surface area contributed by atoms with Crippen LogP contribution in [0.3, 0.4) is 0 Å². The number of rotatable bonds is 2. The summed E-state index contributed by atoms with van der Waals surface area (Å²) in [6.45, 7) is 6.86. The van der Waals surface area contributed by atoms with Gasteiger partial charge in [-0.1, -0.05) is 32.4 Å². The molecule has 1 aromatic carbocycles. The lowest BCUT2D eigenvalue weighted by Crippen LogP contribution is -2.25. The van der Waals surface area contributed by atoms with E-state index in [0.29, 0.717) is 17.4 Å². The molecule has 0 radical (unpaired) electrons. The molecule has 0 bridgehead atoms. The molecule has 1 N–H and O–H groups in total. The Labute approximate surface area is 111 Å². The third-order valence-corrected chi connectivity index (χ3v) is 2.75. The maximum absolute atomic E-state index is 11.8. The summed E-state index contributed by atoms with van der Waals surface area (Å²) >= 11 is 5.85. The first-order valence-electron chi connectivity index (χ1n) is 5.78. The summed E-state index contributed by atoms with van der Waals surface area (Å²) < 4.78 is 1.66. The molecule has 4 nitrogen and oxygen atoms in total. The standard InChI is InChI=1S/C13H16ClN3O/c1-13(2,3)8-17-11(15-16-12(17)18)9-4-6-10(14)7-5-9/h4-7H,8H2,1-3H3,(H,16,18). The van der Waals surface area contributed by atoms with Crippen LogP contribution in [0.15, 0.2) is 29.1 Å². The van der Waals surface area contributed by atoms with Crippen LogP contribution in [0.2, 0.25) is 5.02 Å². The Morgan fingerprint density at radius 2 is 1.89 bits per heavy atom. The third-order valence-electron chi connectivity index (χ3n) is 2.49. The molecular weight excluding hydrogens is 250 g/mol. The van der Waals surface area contributed by atoms with Gasteiger partial charge in [-0.05, 0) is 29.7 Å². The van der Waals surface area contributed by atoms with Crippen molar-refractivity contribution in [3.8, 4) is 11.4 Å². The van der Waals surface area contributed by atoms with Crippen molar-refractivity contribution in [1.29, 1.82) is 0 Å². The van der Waals surface area contributed by atoms with Gasteiger partial charge in [0.1, 0.15) is 0 Å². The molecule has 0 fully saturated rings. The van der Waals surface area contributed by atoms with Gasteiger partial charge in [-0.3, -0.25) is 4.57 Å². The van der Waals surface area contributed by atoms with Crippen LogP contribution in [0.5, 0.6) is 0 Å². The van der Waals surface area contributed by atoms with Crippen molar-refractivity contribution in [2.24, 2.45) is 5.41 Å². The minimum Gasteiger partial charge on any atom is -0.275 e. The van der Waals surface area contributed by atoms with Crippen molar-refractivity contribution < 1.29 is 0 Å². The van der Waals surface area contributed by atoms with Crippen LogP contribution in [0.1, 0.15) is 20.8 Å². The Kier molecular flexibility index (Phi) is 3.30. The molecule has 2 rings (SSSR count). The number of nitrogens with one attached hydrogen (secondary N) is 1. The van der Waals surface area contributed by atoms with E-state index in [2.05, 4.69) is 31.0 Å². The maximum Gasteiger partial charge on any atom is 0.343 e. The lowest BCUT2D eigenvalue weighted by molar-refractivity contribution is 0.340. The summed E-state index contributed by atoms with van der Waals surface area (Å²) in [5.74, 6) is 0.645. The summed E-state index contributed by atoms with van der Waals surface area (Å²) in [7, 11) is 0. The number of hydrogen-bond acceptors (Lipinski definition) is 2. The molecule has 5 heteroatoms. The van der Waals surface area contributed by atoms with Crippen LogP contribution in [-0.2, 0) is 6.54 Å². The van der Waals surface area contributed by atoms with Crippen molar-refractivity contribution in [2.45, 2.75) is 27.3 Å². The van der Waals surface area contributed by atoms with E-state index in [0.717, 1.165) is 5.56 Å². The molecule has 0 unspecified atom stereocenters. The Bertz CT molecular complexity index is 590. The van der Waals surface area contributed by atoms with Gasteiger partial charge < -0.3 is 0 Å². The first-order chi connectivity index (χ1) is 8.37. The van der Waals surface area contributed by atoms with Crippen LogP contribution < -0.4 is 5.69 Å². The fourth-order valence-electron chi connectivity index (χ4n) is 1.76. The highest BCUT2D eigenvalue weighted by molar-refractivity contribution is 6.30. The molecule has 0 aliphatic rings. The number of nitrogens with zero attached hydrogens (tertiary/aromatic N) is 2. The number of H-pyrrole nitrogens is 1. The van der Waals surface area contributed by atoms with E-state index in [-0.39, 0.29) is 11.1 Å². The van der Waals surface area contributed by atoms with Gasteiger partial charge >= 0.3 is 5.69 Å². The van der Waals surface area contributed by atoms with Crippen LogP contribution >= 0.6 is 11.6 Å². The highest BCUT2D eigenvalue weighted by Crippen LogP contribution is 2.22. The summed E-state index contributed by atoms with van der Waals surface area (Å²) in [4.78, 5) is 11.8. The topological polar surface area (TPSA) is 50.7 Å². The van der Waals surface area contributed by atoms with Crippen LogP contribution in [-0.4, -0.2) is 14.8 Å². The van der Waals surface area contributed by atoms with Gasteiger partial charge in [0.05, 0.1) is 0 Å². The van der Waals surface area contributed by atoms with Crippen molar-refractivity contribution >= 4 is 11.6 Å². The highest BCUT2D eigenvalue weighted by Gasteiger charge is 2.17. The molecule has 18 heavy (non-hydrogen) atoms. The van der Waals surface area contributed by atoms with Crippen molar-refractivity contribution in [3.63, 3.8) is 0 Å².